The fourth-order valence-electron chi connectivity index (χ4n) is 4.88. The molecule has 1 saturated heterocycles. The molecule has 4 rings (SSSR count). The van der Waals surface area contributed by atoms with Crippen LogP contribution in [-0.4, -0.2) is 37.1 Å². The molecule has 3 aromatic rings. The minimum atomic E-state index is -1.19. The van der Waals surface area contributed by atoms with Gasteiger partial charge < -0.3 is 19.3 Å². The summed E-state index contributed by atoms with van der Waals surface area (Å²) in [6.45, 7) is 10.4. The molecule has 1 heterocycles. The van der Waals surface area contributed by atoms with E-state index in [0.29, 0.717) is 41.6 Å². The third kappa shape index (κ3) is 5.62. The van der Waals surface area contributed by atoms with Crippen molar-refractivity contribution in [1.82, 2.24) is 0 Å². The number of nitrogens with zero attached hydrogens (tertiary/aromatic N) is 1. The second kappa shape index (κ2) is 11.6. The fraction of sp³-hybridized carbons (Fsp3) is 0.312. The number of halogens is 2. The molecule has 41 heavy (non-hydrogen) atoms. The highest BCUT2D eigenvalue weighted by Gasteiger charge is 2.47. The lowest BCUT2D eigenvalue weighted by molar-refractivity contribution is -0.132. The molecule has 0 radical (unpaired) electrons. The molecule has 1 aliphatic heterocycles. The van der Waals surface area contributed by atoms with E-state index in [0.717, 1.165) is 22.6 Å². The predicted octanol–water partition coefficient (Wildman–Crippen LogP) is 6.69. The van der Waals surface area contributed by atoms with Gasteiger partial charge in [-0.15, -0.1) is 0 Å². The molecule has 1 amide bonds. The lowest BCUT2D eigenvalue weighted by Gasteiger charge is -2.26. The molecule has 0 aliphatic carbocycles. The summed E-state index contributed by atoms with van der Waals surface area (Å²) in [7, 11) is 1.48. The van der Waals surface area contributed by atoms with Gasteiger partial charge in [-0.05, 0) is 67.3 Å². The van der Waals surface area contributed by atoms with E-state index < -0.39 is 35.1 Å². The van der Waals surface area contributed by atoms with Crippen LogP contribution in [0, 0.1) is 11.6 Å². The summed E-state index contributed by atoms with van der Waals surface area (Å²) in [5, 5.41) is 11.6. The van der Waals surface area contributed by atoms with Crippen LogP contribution in [0.2, 0.25) is 0 Å². The van der Waals surface area contributed by atoms with Crippen molar-refractivity contribution >= 4 is 23.1 Å². The number of hydrogen-bond donors (Lipinski definition) is 1. The predicted molar refractivity (Wildman–Crippen MR) is 152 cm³/mol. The number of hydrogen-bond acceptors (Lipinski definition) is 6. The Morgan fingerprint density at radius 1 is 0.878 bits per heavy atom. The monoisotopic (exact) mass is 565 g/mol. The van der Waals surface area contributed by atoms with Crippen LogP contribution in [0.3, 0.4) is 0 Å². The summed E-state index contributed by atoms with van der Waals surface area (Å²) in [5.41, 5.74) is 0.840. The van der Waals surface area contributed by atoms with Gasteiger partial charge in [-0.2, -0.15) is 0 Å². The quantitative estimate of drug-likeness (QED) is 0.186. The number of carbonyl (C=O) groups excluding carboxylic acids is 2. The number of amides is 1. The highest BCUT2D eigenvalue weighted by atomic mass is 19.2. The average Bonchev–Trinajstić information content (AvgIpc) is 3.20. The van der Waals surface area contributed by atoms with Gasteiger partial charge >= 0.3 is 0 Å². The van der Waals surface area contributed by atoms with Crippen molar-refractivity contribution in [3.8, 4) is 17.2 Å². The minimum absolute atomic E-state index is 0.0501. The van der Waals surface area contributed by atoms with Crippen molar-refractivity contribution in [3.63, 3.8) is 0 Å². The van der Waals surface area contributed by atoms with Gasteiger partial charge in [0, 0.05) is 22.9 Å². The molecule has 7 nitrogen and oxygen atoms in total. The molecule has 0 aromatic heterocycles. The summed E-state index contributed by atoms with van der Waals surface area (Å²) in [5.74, 6) is -3.28. The number of ether oxygens (including phenoxy) is 3. The van der Waals surface area contributed by atoms with Crippen molar-refractivity contribution in [1.29, 1.82) is 0 Å². The molecule has 0 spiro atoms. The summed E-state index contributed by atoms with van der Waals surface area (Å²) in [6.07, 6.45) is 0. The van der Waals surface area contributed by atoms with E-state index in [2.05, 4.69) is 0 Å². The van der Waals surface area contributed by atoms with Crippen molar-refractivity contribution in [2.75, 3.05) is 25.2 Å². The Labute approximate surface area is 238 Å². The van der Waals surface area contributed by atoms with Gasteiger partial charge in [0.05, 0.1) is 31.9 Å². The zero-order chi connectivity index (χ0) is 30.1. The number of benzene rings is 3. The van der Waals surface area contributed by atoms with E-state index in [9.17, 15) is 23.5 Å². The third-order valence-corrected chi connectivity index (χ3v) is 6.79. The Bertz CT molecular complexity index is 1530. The largest absolute Gasteiger partial charge is 0.507 e. The molecular formula is C32H33F2NO6. The van der Waals surface area contributed by atoms with Crippen LogP contribution in [0.4, 0.5) is 14.5 Å². The molecule has 1 fully saturated rings. The van der Waals surface area contributed by atoms with Gasteiger partial charge in [-0.1, -0.05) is 26.8 Å². The summed E-state index contributed by atoms with van der Waals surface area (Å²) >= 11 is 0. The van der Waals surface area contributed by atoms with Crippen LogP contribution < -0.4 is 19.1 Å². The fourth-order valence-corrected chi connectivity index (χ4v) is 4.88. The molecule has 9 heteroatoms. The molecule has 1 N–H and O–H groups in total. The molecule has 0 bridgehead atoms. The van der Waals surface area contributed by atoms with E-state index >= 15 is 0 Å². The number of methoxy groups -OCH3 is 1. The second-order valence-electron chi connectivity index (χ2n) is 10.5. The molecule has 0 saturated carbocycles. The standard InChI is InChI=1S/C32H33F2NO6/c1-7-40-24-13-10-19(15-21(24)32(3,4)5)29(36)27-28(18-9-14-25(39-6)26(16-18)41-8-2)35(31(38)30(27)37)20-11-12-22(33)23(34)17-20/h9-17,28,36H,7-8H2,1-6H3/b29-27+. The van der Waals surface area contributed by atoms with Gasteiger partial charge in [0.1, 0.15) is 11.5 Å². The smallest absolute Gasteiger partial charge is 0.300 e. The summed E-state index contributed by atoms with van der Waals surface area (Å²) in [4.78, 5) is 28.1. The van der Waals surface area contributed by atoms with Gasteiger partial charge in [-0.25, -0.2) is 8.78 Å². The molecule has 3 aromatic carbocycles. The first-order valence-corrected chi connectivity index (χ1v) is 13.3. The topological polar surface area (TPSA) is 85.3 Å². The Hall–Kier alpha value is -4.40. The van der Waals surface area contributed by atoms with Crippen molar-refractivity contribution in [3.05, 3.63) is 88.5 Å². The Kier molecular flexibility index (Phi) is 8.37. The Morgan fingerprint density at radius 2 is 1.54 bits per heavy atom. The third-order valence-electron chi connectivity index (χ3n) is 6.79. The zero-order valence-electron chi connectivity index (χ0n) is 23.9. The minimum Gasteiger partial charge on any atom is -0.507 e. The van der Waals surface area contributed by atoms with Crippen LogP contribution in [0.5, 0.6) is 17.2 Å². The zero-order valence-corrected chi connectivity index (χ0v) is 23.9. The number of anilines is 1. The summed E-state index contributed by atoms with van der Waals surface area (Å²) in [6, 6.07) is 11.6. The van der Waals surface area contributed by atoms with E-state index in [1.54, 1.807) is 43.3 Å². The Morgan fingerprint density at radius 3 is 2.15 bits per heavy atom. The van der Waals surface area contributed by atoms with E-state index in [4.69, 9.17) is 14.2 Å². The van der Waals surface area contributed by atoms with Crippen molar-refractivity contribution in [2.24, 2.45) is 0 Å². The molecule has 1 atom stereocenters. The van der Waals surface area contributed by atoms with Crippen LogP contribution in [0.15, 0.2) is 60.2 Å². The maximum atomic E-state index is 14.3. The van der Waals surface area contributed by atoms with E-state index in [-0.39, 0.29) is 16.7 Å². The number of aliphatic hydroxyl groups excluding tert-OH is 1. The maximum Gasteiger partial charge on any atom is 0.300 e. The van der Waals surface area contributed by atoms with Gasteiger partial charge in [0.2, 0.25) is 0 Å². The lowest BCUT2D eigenvalue weighted by Crippen LogP contribution is -2.29. The van der Waals surface area contributed by atoms with Crippen LogP contribution in [0.1, 0.15) is 57.4 Å². The van der Waals surface area contributed by atoms with Crippen molar-refractivity contribution in [2.45, 2.75) is 46.1 Å². The molecule has 1 aliphatic rings. The van der Waals surface area contributed by atoms with E-state index in [1.165, 1.54) is 13.2 Å². The van der Waals surface area contributed by atoms with Crippen molar-refractivity contribution < 1.29 is 37.7 Å². The number of Topliss-reactive ketones (excluding diaryl/α,β-unsaturated/α-hetero) is 1. The van der Waals surface area contributed by atoms with Gasteiger partial charge in [0.25, 0.3) is 11.7 Å². The van der Waals surface area contributed by atoms with Crippen LogP contribution in [-0.2, 0) is 15.0 Å². The van der Waals surface area contributed by atoms with Crippen LogP contribution >= 0.6 is 0 Å². The first kappa shape index (κ1) is 29.6. The number of carbonyl (C=O) groups is 2. The lowest BCUT2D eigenvalue weighted by atomic mass is 9.84. The number of ketones is 1. The van der Waals surface area contributed by atoms with Gasteiger partial charge in [0.15, 0.2) is 23.1 Å². The first-order valence-electron chi connectivity index (χ1n) is 13.3. The normalized spacial score (nSPS) is 16.7. The average molecular weight is 566 g/mol. The van der Waals surface area contributed by atoms with E-state index in [1.807, 2.05) is 27.7 Å². The highest BCUT2D eigenvalue weighted by molar-refractivity contribution is 6.51. The second-order valence-corrected chi connectivity index (χ2v) is 10.5. The highest BCUT2D eigenvalue weighted by Crippen LogP contribution is 2.45. The molecular weight excluding hydrogens is 532 g/mol. The number of rotatable bonds is 8. The molecule has 1 unspecified atom stereocenters. The first-order chi connectivity index (χ1) is 19.4. The SMILES string of the molecule is CCOc1cc(C2/C(=C(\O)c3ccc(OCC)c(C(C)(C)C)c3)C(=O)C(=O)N2c2ccc(F)c(F)c2)ccc1OC. The van der Waals surface area contributed by atoms with Gasteiger partial charge in [-0.3, -0.25) is 14.5 Å². The molecule has 216 valence electrons. The maximum absolute atomic E-state index is 14.3. The number of aliphatic hydroxyl groups is 1. The van der Waals surface area contributed by atoms with Crippen LogP contribution in [0.25, 0.3) is 5.76 Å². The summed E-state index contributed by atoms with van der Waals surface area (Å²) < 4.78 is 45.0. The Balaban J connectivity index is 1.99.